The third-order valence-corrected chi connectivity index (χ3v) is 7.92. The summed E-state index contributed by atoms with van der Waals surface area (Å²) in [6, 6.07) is 16.8. The fraction of sp³-hybridized carbons (Fsp3) is 0.207. The minimum atomic E-state index is -0.884. The van der Waals surface area contributed by atoms with E-state index in [1.165, 1.54) is 16.2 Å². The van der Waals surface area contributed by atoms with Crippen LogP contribution in [0.4, 0.5) is 5.13 Å². The van der Waals surface area contributed by atoms with Crippen LogP contribution in [-0.4, -0.2) is 34.5 Å². The predicted molar refractivity (Wildman–Crippen MR) is 147 cm³/mol. The Balaban J connectivity index is 1.51. The second-order valence-electron chi connectivity index (χ2n) is 9.23. The lowest BCUT2D eigenvalue weighted by atomic mass is 9.94. The number of ketones is 1. The lowest BCUT2D eigenvalue weighted by Crippen LogP contribution is -2.29. The van der Waals surface area contributed by atoms with Crippen molar-refractivity contribution in [1.29, 1.82) is 0 Å². The summed E-state index contributed by atoms with van der Waals surface area (Å²) in [5, 5.41) is 12.4. The van der Waals surface area contributed by atoms with Gasteiger partial charge in [-0.25, -0.2) is 4.98 Å². The van der Waals surface area contributed by atoms with E-state index in [0.717, 1.165) is 16.0 Å². The number of aromatic nitrogens is 1. The van der Waals surface area contributed by atoms with Crippen molar-refractivity contribution in [1.82, 2.24) is 4.98 Å². The van der Waals surface area contributed by atoms with Crippen LogP contribution in [0.3, 0.4) is 0 Å². The van der Waals surface area contributed by atoms with Crippen molar-refractivity contribution in [2.45, 2.75) is 32.4 Å². The minimum absolute atomic E-state index is 0.00311. The summed E-state index contributed by atoms with van der Waals surface area (Å²) in [6.07, 6.45) is 0.728. The normalized spacial score (nSPS) is 20.1. The molecule has 0 aliphatic carbocycles. The smallest absolute Gasteiger partial charge is 0.301 e. The number of nitrogens with zero attached hydrogens (tertiary/aromatic N) is 2. The van der Waals surface area contributed by atoms with Crippen LogP contribution < -0.4 is 14.4 Å². The van der Waals surface area contributed by atoms with E-state index in [-0.39, 0.29) is 17.4 Å². The Bertz CT molecular complexity index is 1630. The van der Waals surface area contributed by atoms with Gasteiger partial charge < -0.3 is 14.6 Å². The summed E-state index contributed by atoms with van der Waals surface area (Å²) in [6.45, 7) is 4.37. The zero-order chi connectivity index (χ0) is 26.6. The van der Waals surface area contributed by atoms with Crippen LogP contribution >= 0.6 is 22.9 Å². The number of halogens is 1. The van der Waals surface area contributed by atoms with Gasteiger partial charge in [0.05, 0.1) is 28.4 Å². The molecule has 7 nitrogen and oxygen atoms in total. The van der Waals surface area contributed by atoms with Crippen LogP contribution in [0.25, 0.3) is 16.0 Å². The number of Topliss-reactive ketones (excluding diaryl/α,β-unsaturated/α-hetero) is 1. The highest BCUT2D eigenvalue weighted by Gasteiger charge is 2.48. The van der Waals surface area contributed by atoms with Crippen LogP contribution in [0.15, 0.2) is 66.2 Å². The Labute approximate surface area is 227 Å². The van der Waals surface area contributed by atoms with Crippen LogP contribution in [0, 0.1) is 0 Å². The molecule has 0 saturated carbocycles. The van der Waals surface area contributed by atoms with Gasteiger partial charge in [0.1, 0.15) is 23.4 Å². The minimum Gasteiger partial charge on any atom is -0.507 e. The Kier molecular flexibility index (Phi) is 6.08. The number of aliphatic hydroxyl groups is 1. The van der Waals surface area contributed by atoms with Gasteiger partial charge in [-0.3, -0.25) is 14.5 Å². The van der Waals surface area contributed by atoms with Crippen molar-refractivity contribution in [3.63, 3.8) is 0 Å². The Morgan fingerprint density at radius 2 is 1.95 bits per heavy atom. The van der Waals surface area contributed by atoms with E-state index in [1.54, 1.807) is 54.6 Å². The van der Waals surface area contributed by atoms with E-state index >= 15 is 0 Å². The van der Waals surface area contributed by atoms with Gasteiger partial charge in [0.2, 0.25) is 0 Å². The highest BCUT2D eigenvalue weighted by atomic mass is 35.5. The first-order valence-electron chi connectivity index (χ1n) is 12.2. The largest absolute Gasteiger partial charge is 0.507 e. The van der Waals surface area contributed by atoms with Gasteiger partial charge in [0.15, 0.2) is 5.13 Å². The van der Waals surface area contributed by atoms with Gasteiger partial charge in [0.25, 0.3) is 5.78 Å². The number of hydrogen-bond donors (Lipinski definition) is 1. The van der Waals surface area contributed by atoms with Gasteiger partial charge in [-0.1, -0.05) is 35.1 Å². The molecule has 3 aromatic carbocycles. The fourth-order valence-corrected chi connectivity index (χ4v) is 6.24. The summed E-state index contributed by atoms with van der Waals surface area (Å²) in [4.78, 5) is 33.0. The highest BCUT2D eigenvalue weighted by Crippen LogP contribution is 2.45. The lowest BCUT2D eigenvalue weighted by molar-refractivity contribution is -0.132. The summed E-state index contributed by atoms with van der Waals surface area (Å²) >= 11 is 7.43. The fourth-order valence-electron chi connectivity index (χ4n) is 4.97. The molecule has 1 amide bonds. The molecule has 192 valence electrons. The molecule has 1 fully saturated rings. The van der Waals surface area contributed by atoms with Crippen molar-refractivity contribution >= 4 is 55.7 Å². The molecule has 3 heterocycles. The monoisotopic (exact) mass is 546 g/mol. The molecule has 2 aliphatic rings. The third-order valence-electron chi connectivity index (χ3n) is 6.67. The molecule has 0 bridgehead atoms. The molecule has 2 atom stereocenters. The molecule has 4 aromatic rings. The second kappa shape index (κ2) is 9.45. The van der Waals surface area contributed by atoms with Crippen molar-refractivity contribution in [3.05, 3.63) is 87.9 Å². The molecule has 2 aliphatic heterocycles. The van der Waals surface area contributed by atoms with E-state index in [0.29, 0.717) is 45.6 Å². The summed E-state index contributed by atoms with van der Waals surface area (Å²) in [7, 11) is 0. The molecule has 9 heteroatoms. The number of fused-ring (bicyclic) bond motifs is 2. The maximum atomic E-state index is 13.5. The second-order valence-corrected chi connectivity index (χ2v) is 10.7. The molecular weight excluding hydrogens is 524 g/mol. The Morgan fingerprint density at radius 3 is 2.71 bits per heavy atom. The Morgan fingerprint density at radius 1 is 1.16 bits per heavy atom. The first-order valence-corrected chi connectivity index (χ1v) is 13.4. The molecule has 1 saturated heterocycles. The molecule has 0 spiro atoms. The van der Waals surface area contributed by atoms with Crippen LogP contribution in [0.2, 0.25) is 5.02 Å². The quantitative estimate of drug-likeness (QED) is 0.179. The number of benzene rings is 3. The van der Waals surface area contributed by atoms with Gasteiger partial charge in [-0.05, 0) is 73.5 Å². The summed E-state index contributed by atoms with van der Waals surface area (Å²) in [5.41, 5.74) is 2.70. The van der Waals surface area contributed by atoms with Crippen LogP contribution in [-0.2, 0) is 16.0 Å². The van der Waals surface area contributed by atoms with E-state index in [2.05, 4.69) is 4.98 Å². The number of carbonyl (C=O) groups is 2. The first kappa shape index (κ1) is 24.5. The number of rotatable bonds is 5. The maximum Gasteiger partial charge on any atom is 0.301 e. The van der Waals surface area contributed by atoms with Gasteiger partial charge in [0, 0.05) is 17.0 Å². The van der Waals surface area contributed by atoms with Gasteiger partial charge >= 0.3 is 5.91 Å². The van der Waals surface area contributed by atoms with E-state index in [1.807, 2.05) is 19.9 Å². The van der Waals surface area contributed by atoms with Crippen molar-refractivity contribution < 1.29 is 24.2 Å². The number of aliphatic hydroxyl groups excluding tert-OH is 1. The molecule has 2 unspecified atom stereocenters. The standard InChI is InChI=1S/C29H23ClN2O5S/c1-3-36-20-8-4-16(5-9-20)25-24(26(33)17-6-11-22-18(13-17)12-15(2)37-22)27(34)28(35)32(25)29-31-21-10-7-19(30)14-23(21)38-29/h4-11,13-15,25,33H,3,12H2,1-2H3/b26-24-. The first-order chi connectivity index (χ1) is 18.3. The van der Waals surface area contributed by atoms with E-state index in [9.17, 15) is 14.7 Å². The lowest BCUT2D eigenvalue weighted by Gasteiger charge is -2.23. The average molecular weight is 547 g/mol. The van der Waals surface area contributed by atoms with Crippen molar-refractivity contribution in [2.24, 2.45) is 0 Å². The number of carbonyl (C=O) groups excluding carboxylic acids is 2. The van der Waals surface area contributed by atoms with Gasteiger partial charge in [-0.2, -0.15) is 0 Å². The van der Waals surface area contributed by atoms with Crippen LogP contribution in [0.5, 0.6) is 11.5 Å². The SMILES string of the molecule is CCOc1ccc(C2/C(=C(/O)c3ccc4c(c3)CC(C)O4)C(=O)C(=O)N2c2nc3ccc(Cl)cc3s2)cc1. The topological polar surface area (TPSA) is 89.0 Å². The van der Waals surface area contributed by atoms with Gasteiger partial charge in [-0.15, -0.1) is 0 Å². The molecule has 6 rings (SSSR count). The summed E-state index contributed by atoms with van der Waals surface area (Å²) in [5.74, 6) is -0.352. The molecule has 1 N–H and O–H groups in total. The maximum absolute atomic E-state index is 13.5. The van der Waals surface area contributed by atoms with E-state index < -0.39 is 17.7 Å². The van der Waals surface area contributed by atoms with Crippen molar-refractivity contribution in [2.75, 3.05) is 11.5 Å². The van der Waals surface area contributed by atoms with Crippen LogP contribution in [0.1, 0.15) is 36.6 Å². The van der Waals surface area contributed by atoms with Crippen molar-refractivity contribution in [3.8, 4) is 11.5 Å². The zero-order valence-corrected chi connectivity index (χ0v) is 22.2. The average Bonchev–Trinajstić information content (AvgIpc) is 3.56. The molecular formula is C29H23ClN2O5S. The molecule has 1 aromatic heterocycles. The Hall–Kier alpha value is -3.88. The van der Waals surface area contributed by atoms with E-state index in [4.69, 9.17) is 21.1 Å². The number of thiazole rings is 1. The summed E-state index contributed by atoms with van der Waals surface area (Å²) < 4.78 is 12.1. The molecule has 0 radical (unpaired) electrons. The number of amides is 1. The predicted octanol–water partition coefficient (Wildman–Crippen LogP) is 6.30. The number of anilines is 1. The highest BCUT2D eigenvalue weighted by molar-refractivity contribution is 7.22. The number of ether oxygens (including phenoxy) is 2. The number of hydrogen-bond acceptors (Lipinski definition) is 7. The zero-order valence-electron chi connectivity index (χ0n) is 20.6. The molecule has 38 heavy (non-hydrogen) atoms. The third kappa shape index (κ3) is 4.10.